The van der Waals surface area contributed by atoms with E-state index in [1.54, 1.807) is 24.3 Å². The third-order valence-corrected chi connectivity index (χ3v) is 4.02. The van der Waals surface area contributed by atoms with Gasteiger partial charge in [0.1, 0.15) is 0 Å². The largest absolute Gasteiger partial charge is 0.399 e. The molecule has 1 amide bonds. The van der Waals surface area contributed by atoms with Crippen LogP contribution in [0.1, 0.15) is 6.42 Å². The van der Waals surface area contributed by atoms with Crippen LogP contribution in [-0.2, 0) is 19.4 Å². The van der Waals surface area contributed by atoms with Gasteiger partial charge >= 0.3 is 0 Å². The third kappa shape index (κ3) is 6.21. The lowest BCUT2D eigenvalue weighted by atomic mass is 10.3. The molecule has 0 radical (unpaired) electrons. The van der Waals surface area contributed by atoms with E-state index in [0.29, 0.717) is 11.4 Å². The summed E-state index contributed by atoms with van der Waals surface area (Å²) in [4.78, 5) is 11.6. The number of hydrogen-bond acceptors (Lipinski definition) is 5. The van der Waals surface area contributed by atoms with Crippen LogP contribution in [0.2, 0.25) is 0 Å². The normalized spacial score (nSPS) is 11.2. The number of ether oxygens (including phenoxy) is 1. The van der Waals surface area contributed by atoms with E-state index in [2.05, 4.69) is 5.32 Å². The molecule has 6 nitrogen and oxygen atoms in total. The highest BCUT2D eigenvalue weighted by Crippen LogP contribution is 2.12. The first kappa shape index (κ1) is 15.5. The molecule has 0 heterocycles. The highest BCUT2D eigenvalue weighted by molar-refractivity contribution is 7.91. The number of hydrogen-bond donors (Lipinski definition) is 2. The number of anilines is 2. The minimum absolute atomic E-state index is 0.0743. The van der Waals surface area contributed by atoms with Crippen LogP contribution in [0.15, 0.2) is 24.3 Å². The van der Waals surface area contributed by atoms with E-state index in [9.17, 15) is 13.2 Å². The van der Waals surface area contributed by atoms with Crippen LogP contribution in [0.4, 0.5) is 11.4 Å². The Morgan fingerprint density at radius 2 is 2.11 bits per heavy atom. The topological polar surface area (TPSA) is 98.5 Å². The molecule has 0 atom stereocenters. The Morgan fingerprint density at radius 1 is 1.37 bits per heavy atom. The van der Waals surface area contributed by atoms with Gasteiger partial charge in [-0.1, -0.05) is 6.07 Å². The average molecular weight is 286 g/mol. The second-order valence-corrected chi connectivity index (χ2v) is 6.37. The summed E-state index contributed by atoms with van der Waals surface area (Å²) < 4.78 is 27.7. The van der Waals surface area contributed by atoms with Gasteiger partial charge < -0.3 is 15.8 Å². The van der Waals surface area contributed by atoms with Crippen LogP contribution in [0.25, 0.3) is 0 Å². The SMILES string of the molecule is COCCS(=O)(=O)CCC(=O)Nc1cccc(N)c1. The van der Waals surface area contributed by atoms with Gasteiger partial charge in [-0.05, 0) is 18.2 Å². The maximum atomic E-state index is 11.6. The molecule has 1 aromatic rings. The average Bonchev–Trinajstić information content (AvgIpc) is 2.34. The maximum absolute atomic E-state index is 11.6. The van der Waals surface area contributed by atoms with Gasteiger partial charge in [0.2, 0.25) is 5.91 Å². The number of nitrogens with two attached hydrogens (primary N) is 1. The molecule has 0 aliphatic rings. The van der Waals surface area contributed by atoms with Gasteiger partial charge in [0.05, 0.1) is 18.1 Å². The molecular formula is C12H18N2O4S. The van der Waals surface area contributed by atoms with Gasteiger partial charge in [-0.3, -0.25) is 4.79 Å². The lowest BCUT2D eigenvalue weighted by Crippen LogP contribution is -2.20. The molecule has 1 aromatic carbocycles. The van der Waals surface area contributed by atoms with Gasteiger partial charge in [0, 0.05) is 24.9 Å². The maximum Gasteiger partial charge on any atom is 0.225 e. The molecule has 0 aliphatic heterocycles. The van der Waals surface area contributed by atoms with Crippen molar-refractivity contribution in [2.45, 2.75) is 6.42 Å². The van der Waals surface area contributed by atoms with E-state index >= 15 is 0 Å². The highest BCUT2D eigenvalue weighted by atomic mass is 32.2. The van der Waals surface area contributed by atoms with E-state index in [0.717, 1.165) is 0 Å². The monoisotopic (exact) mass is 286 g/mol. The predicted octanol–water partition coefficient (Wildman–Crippen LogP) is 0.659. The Morgan fingerprint density at radius 3 is 2.74 bits per heavy atom. The van der Waals surface area contributed by atoms with Crippen LogP contribution in [-0.4, -0.2) is 39.5 Å². The number of sulfone groups is 1. The number of rotatable bonds is 7. The van der Waals surface area contributed by atoms with Crippen LogP contribution in [0.3, 0.4) is 0 Å². The molecule has 19 heavy (non-hydrogen) atoms. The van der Waals surface area contributed by atoms with Gasteiger partial charge in [-0.15, -0.1) is 0 Å². The van der Waals surface area contributed by atoms with Gasteiger partial charge in [-0.2, -0.15) is 0 Å². The second kappa shape index (κ2) is 7.10. The van der Waals surface area contributed by atoms with Crippen LogP contribution < -0.4 is 11.1 Å². The number of carbonyl (C=O) groups excluding carboxylic acids is 1. The van der Waals surface area contributed by atoms with E-state index < -0.39 is 9.84 Å². The standard InChI is InChI=1S/C12H18N2O4S/c1-18-6-8-19(16,17)7-5-12(15)14-11-4-2-3-10(13)9-11/h2-4,9H,5-8,13H2,1H3,(H,14,15). The predicted molar refractivity (Wildman–Crippen MR) is 74.6 cm³/mol. The van der Waals surface area contributed by atoms with Crippen molar-refractivity contribution in [2.24, 2.45) is 0 Å². The molecular weight excluding hydrogens is 268 g/mol. The van der Waals surface area contributed by atoms with Crippen molar-refractivity contribution in [3.05, 3.63) is 24.3 Å². The highest BCUT2D eigenvalue weighted by Gasteiger charge is 2.13. The summed E-state index contributed by atoms with van der Waals surface area (Å²) in [7, 11) is -1.82. The molecule has 0 spiro atoms. The molecule has 1 rings (SSSR count). The van der Waals surface area contributed by atoms with Gasteiger partial charge in [-0.25, -0.2) is 8.42 Å². The quantitative estimate of drug-likeness (QED) is 0.717. The van der Waals surface area contributed by atoms with Crippen LogP contribution in [0.5, 0.6) is 0 Å². The van der Waals surface area contributed by atoms with Gasteiger partial charge in [0.15, 0.2) is 9.84 Å². The number of amides is 1. The summed E-state index contributed by atoms with van der Waals surface area (Å²) in [5, 5.41) is 2.60. The number of nitrogen functional groups attached to an aromatic ring is 1. The molecule has 0 fully saturated rings. The van der Waals surface area contributed by atoms with E-state index in [-0.39, 0.29) is 30.4 Å². The Labute approximate surface area is 112 Å². The summed E-state index contributed by atoms with van der Waals surface area (Å²) in [5.41, 5.74) is 6.66. The zero-order chi connectivity index (χ0) is 14.3. The Kier molecular flexibility index (Phi) is 5.78. The molecule has 0 aromatic heterocycles. The summed E-state index contributed by atoms with van der Waals surface area (Å²) in [6.45, 7) is 0.138. The lowest BCUT2D eigenvalue weighted by molar-refractivity contribution is -0.115. The first-order chi connectivity index (χ1) is 8.93. The summed E-state index contributed by atoms with van der Waals surface area (Å²) in [6, 6.07) is 6.70. The Balaban J connectivity index is 2.44. The first-order valence-electron chi connectivity index (χ1n) is 5.78. The summed E-state index contributed by atoms with van der Waals surface area (Å²) in [6.07, 6.45) is -0.0825. The van der Waals surface area contributed by atoms with Crippen molar-refractivity contribution in [3.63, 3.8) is 0 Å². The molecule has 0 aliphatic carbocycles. The molecule has 0 bridgehead atoms. The van der Waals surface area contributed by atoms with E-state index in [4.69, 9.17) is 10.5 Å². The third-order valence-electron chi connectivity index (χ3n) is 2.41. The van der Waals surface area contributed by atoms with E-state index in [1.165, 1.54) is 7.11 Å². The Bertz CT molecular complexity index is 528. The second-order valence-electron chi connectivity index (χ2n) is 4.07. The molecule has 0 saturated heterocycles. The van der Waals surface area contributed by atoms with Crippen LogP contribution in [0, 0.1) is 0 Å². The molecule has 106 valence electrons. The van der Waals surface area contributed by atoms with Crippen molar-refractivity contribution >= 4 is 27.1 Å². The van der Waals surface area contributed by atoms with Crippen molar-refractivity contribution in [2.75, 3.05) is 36.3 Å². The lowest BCUT2D eigenvalue weighted by Gasteiger charge is -2.06. The van der Waals surface area contributed by atoms with Crippen LogP contribution >= 0.6 is 0 Å². The zero-order valence-electron chi connectivity index (χ0n) is 10.8. The summed E-state index contributed by atoms with van der Waals surface area (Å²) in [5.74, 6) is -0.619. The number of nitrogens with one attached hydrogen (secondary N) is 1. The minimum Gasteiger partial charge on any atom is -0.399 e. The molecule has 0 unspecified atom stereocenters. The van der Waals surface area contributed by atoms with Crippen molar-refractivity contribution in [1.82, 2.24) is 0 Å². The van der Waals surface area contributed by atoms with E-state index in [1.807, 2.05) is 0 Å². The minimum atomic E-state index is -3.25. The fourth-order valence-electron chi connectivity index (χ4n) is 1.40. The van der Waals surface area contributed by atoms with Gasteiger partial charge in [0.25, 0.3) is 0 Å². The number of carbonyl (C=O) groups is 1. The molecule has 7 heteroatoms. The number of methoxy groups -OCH3 is 1. The fraction of sp³-hybridized carbons (Fsp3) is 0.417. The molecule has 3 N–H and O–H groups in total. The Hall–Kier alpha value is -1.60. The first-order valence-corrected chi connectivity index (χ1v) is 7.60. The van der Waals surface area contributed by atoms with Crippen molar-refractivity contribution < 1.29 is 17.9 Å². The van der Waals surface area contributed by atoms with Crippen molar-refractivity contribution in [3.8, 4) is 0 Å². The molecule has 0 saturated carbocycles. The smallest absolute Gasteiger partial charge is 0.225 e. The zero-order valence-corrected chi connectivity index (χ0v) is 11.6. The summed E-state index contributed by atoms with van der Waals surface area (Å²) >= 11 is 0. The number of benzene rings is 1. The fourth-order valence-corrected chi connectivity index (χ4v) is 2.52. The van der Waals surface area contributed by atoms with Crippen molar-refractivity contribution in [1.29, 1.82) is 0 Å².